The number of benzene rings is 2. The van der Waals surface area contributed by atoms with Gasteiger partial charge in [-0.2, -0.15) is 0 Å². The Kier molecular flexibility index (Phi) is 4.53. The monoisotopic (exact) mass is 291 g/mol. The van der Waals surface area contributed by atoms with E-state index in [0.29, 0.717) is 10.8 Å². The van der Waals surface area contributed by atoms with Crippen LogP contribution in [0, 0.1) is 6.92 Å². The topological polar surface area (TPSA) is 44.5 Å². The van der Waals surface area contributed by atoms with Crippen LogP contribution in [0.1, 0.15) is 22.7 Å². The van der Waals surface area contributed by atoms with Crippen molar-refractivity contribution in [2.75, 3.05) is 14.2 Å². The van der Waals surface area contributed by atoms with E-state index in [4.69, 9.17) is 26.8 Å². The van der Waals surface area contributed by atoms with Crippen LogP contribution in [-0.4, -0.2) is 14.2 Å². The highest BCUT2D eigenvalue weighted by molar-refractivity contribution is 6.31. The Morgan fingerprint density at radius 1 is 1.05 bits per heavy atom. The van der Waals surface area contributed by atoms with Crippen LogP contribution in [-0.2, 0) is 0 Å². The maximum Gasteiger partial charge on any atom is 0.127 e. The molecule has 0 fully saturated rings. The summed E-state index contributed by atoms with van der Waals surface area (Å²) in [6.45, 7) is 1.96. The predicted octanol–water partition coefficient (Wildman–Crippen LogP) is 3.71. The molecule has 0 saturated carbocycles. The van der Waals surface area contributed by atoms with Crippen molar-refractivity contribution in [1.29, 1.82) is 0 Å². The quantitative estimate of drug-likeness (QED) is 0.934. The molecule has 0 saturated heterocycles. The Labute approximate surface area is 124 Å². The molecule has 2 aromatic carbocycles. The average molecular weight is 292 g/mol. The zero-order chi connectivity index (χ0) is 14.7. The molecule has 0 spiro atoms. The molecule has 106 valence electrons. The summed E-state index contributed by atoms with van der Waals surface area (Å²) in [6, 6.07) is 11.2. The van der Waals surface area contributed by atoms with Gasteiger partial charge in [-0.15, -0.1) is 0 Å². The van der Waals surface area contributed by atoms with Gasteiger partial charge in [0.15, 0.2) is 0 Å². The molecule has 0 aliphatic heterocycles. The third kappa shape index (κ3) is 2.89. The third-order valence-corrected chi connectivity index (χ3v) is 3.74. The van der Waals surface area contributed by atoms with Gasteiger partial charge in [-0.3, -0.25) is 0 Å². The Hall–Kier alpha value is -1.71. The first-order chi connectivity index (χ1) is 9.56. The summed E-state index contributed by atoms with van der Waals surface area (Å²) < 4.78 is 10.6. The first kappa shape index (κ1) is 14.7. The average Bonchev–Trinajstić information content (AvgIpc) is 2.48. The van der Waals surface area contributed by atoms with Crippen LogP contribution in [0.5, 0.6) is 11.5 Å². The van der Waals surface area contributed by atoms with E-state index in [9.17, 15) is 0 Å². The molecule has 0 radical (unpaired) electrons. The van der Waals surface area contributed by atoms with Crippen molar-refractivity contribution >= 4 is 11.6 Å². The molecule has 0 aliphatic rings. The molecular weight excluding hydrogens is 274 g/mol. The molecule has 0 heterocycles. The van der Waals surface area contributed by atoms with Gasteiger partial charge >= 0.3 is 0 Å². The highest BCUT2D eigenvalue weighted by atomic mass is 35.5. The molecule has 1 unspecified atom stereocenters. The fourth-order valence-electron chi connectivity index (χ4n) is 2.06. The second kappa shape index (κ2) is 6.16. The van der Waals surface area contributed by atoms with Crippen molar-refractivity contribution in [3.05, 3.63) is 58.1 Å². The van der Waals surface area contributed by atoms with Gasteiger partial charge in [0.05, 0.1) is 20.3 Å². The van der Waals surface area contributed by atoms with E-state index >= 15 is 0 Å². The number of rotatable bonds is 4. The highest BCUT2D eigenvalue weighted by Gasteiger charge is 2.15. The van der Waals surface area contributed by atoms with Crippen molar-refractivity contribution in [1.82, 2.24) is 0 Å². The van der Waals surface area contributed by atoms with Crippen LogP contribution in [0.2, 0.25) is 5.02 Å². The van der Waals surface area contributed by atoms with Gasteiger partial charge in [0.2, 0.25) is 0 Å². The number of halogens is 1. The third-order valence-electron chi connectivity index (χ3n) is 3.33. The molecule has 0 bridgehead atoms. The van der Waals surface area contributed by atoms with Crippen LogP contribution >= 0.6 is 11.6 Å². The molecular formula is C16H18ClNO2. The van der Waals surface area contributed by atoms with E-state index in [-0.39, 0.29) is 6.04 Å². The molecule has 2 rings (SSSR count). The van der Waals surface area contributed by atoms with Crippen molar-refractivity contribution in [3.63, 3.8) is 0 Å². The number of hydrogen-bond acceptors (Lipinski definition) is 3. The van der Waals surface area contributed by atoms with E-state index in [1.165, 1.54) is 0 Å². The van der Waals surface area contributed by atoms with E-state index in [0.717, 1.165) is 22.4 Å². The van der Waals surface area contributed by atoms with Crippen molar-refractivity contribution in [2.45, 2.75) is 13.0 Å². The number of nitrogens with two attached hydrogens (primary N) is 1. The highest BCUT2D eigenvalue weighted by Crippen LogP contribution is 2.32. The van der Waals surface area contributed by atoms with Crippen LogP contribution in [0.15, 0.2) is 36.4 Å². The van der Waals surface area contributed by atoms with Crippen molar-refractivity contribution in [2.24, 2.45) is 5.73 Å². The summed E-state index contributed by atoms with van der Waals surface area (Å²) in [5.41, 5.74) is 9.20. The van der Waals surface area contributed by atoms with Crippen LogP contribution < -0.4 is 15.2 Å². The molecule has 2 N–H and O–H groups in total. The zero-order valence-corrected chi connectivity index (χ0v) is 12.6. The summed E-state index contributed by atoms with van der Waals surface area (Å²) in [4.78, 5) is 0. The molecule has 1 atom stereocenters. The summed E-state index contributed by atoms with van der Waals surface area (Å²) >= 11 is 6.16. The Bertz CT molecular complexity index is 613. The fraction of sp³-hybridized carbons (Fsp3) is 0.250. The normalized spacial score (nSPS) is 12.1. The molecule has 0 aliphatic carbocycles. The number of hydrogen-bond donors (Lipinski definition) is 1. The van der Waals surface area contributed by atoms with Gasteiger partial charge in [0, 0.05) is 16.7 Å². The van der Waals surface area contributed by atoms with Crippen molar-refractivity contribution < 1.29 is 9.47 Å². The largest absolute Gasteiger partial charge is 0.497 e. The van der Waals surface area contributed by atoms with Crippen molar-refractivity contribution in [3.8, 4) is 11.5 Å². The minimum atomic E-state index is -0.297. The molecule has 20 heavy (non-hydrogen) atoms. The first-order valence-corrected chi connectivity index (χ1v) is 6.68. The lowest BCUT2D eigenvalue weighted by Crippen LogP contribution is -2.13. The molecule has 0 amide bonds. The van der Waals surface area contributed by atoms with Crippen LogP contribution in [0.3, 0.4) is 0 Å². The van der Waals surface area contributed by atoms with Gasteiger partial charge in [-0.25, -0.2) is 0 Å². The van der Waals surface area contributed by atoms with Gasteiger partial charge in [-0.1, -0.05) is 23.7 Å². The zero-order valence-electron chi connectivity index (χ0n) is 11.8. The Morgan fingerprint density at radius 2 is 1.80 bits per heavy atom. The number of methoxy groups -OCH3 is 2. The smallest absolute Gasteiger partial charge is 0.127 e. The Balaban J connectivity index is 2.41. The summed E-state index contributed by atoms with van der Waals surface area (Å²) in [5, 5.41) is 0.713. The number of ether oxygens (including phenoxy) is 2. The van der Waals surface area contributed by atoms with Crippen LogP contribution in [0.25, 0.3) is 0 Å². The van der Waals surface area contributed by atoms with E-state index < -0.39 is 0 Å². The second-order valence-electron chi connectivity index (χ2n) is 4.59. The van der Waals surface area contributed by atoms with Gasteiger partial charge in [-0.05, 0) is 36.2 Å². The van der Waals surface area contributed by atoms with Gasteiger partial charge < -0.3 is 15.2 Å². The summed E-state index contributed by atoms with van der Waals surface area (Å²) in [5.74, 6) is 1.44. The van der Waals surface area contributed by atoms with Gasteiger partial charge in [0.25, 0.3) is 0 Å². The van der Waals surface area contributed by atoms with E-state index in [2.05, 4.69) is 0 Å². The van der Waals surface area contributed by atoms with Crippen LogP contribution in [0.4, 0.5) is 0 Å². The summed E-state index contributed by atoms with van der Waals surface area (Å²) in [7, 11) is 3.24. The van der Waals surface area contributed by atoms with Gasteiger partial charge in [0.1, 0.15) is 11.5 Å². The maximum atomic E-state index is 6.32. The van der Waals surface area contributed by atoms with E-state index in [1.807, 2.05) is 43.3 Å². The lowest BCUT2D eigenvalue weighted by atomic mass is 9.97. The summed E-state index contributed by atoms with van der Waals surface area (Å²) in [6.07, 6.45) is 0. The minimum Gasteiger partial charge on any atom is -0.497 e. The standard InChI is InChI=1S/C16H18ClNO2/c1-10-4-5-11(8-14(10)17)16(18)13-7-6-12(19-2)9-15(13)20-3/h4-9,16H,18H2,1-3H3. The predicted molar refractivity (Wildman–Crippen MR) is 81.8 cm³/mol. The SMILES string of the molecule is COc1ccc(C(N)c2ccc(C)c(Cl)c2)c(OC)c1. The maximum absolute atomic E-state index is 6.32. The molecule has 0 aromatic heterocycles. The lowest BCUT2D eigenvalue weighted by molar-refractivity contribution is 0.390. The lowest BCUT2D eigenvalue weighted by Gasteiger charge is -2.17. The molecule has 4 heteroatoms. The minimum absolute atomic E-state index is 0.297. The number of aryl methyl sites for hydroxylation is 1. The molecule has 3 nitrogen and oxygen atoms in total. The second-order valence-corrected chi connectivity index (χ2v) is 5.00. The Morgan fingerprint density at radius 3 is 2.40 bits per heavy atom. The van der Waals surface area contributed by atoms with E-state index in [1.54, 1.807) is 14.2 Å². The molecule has 2 aromatic rings. The fourth-order valence-corrected chi connectivity index (χ4v) is 2.25. The first-order valence-electron chi connectivity index (χ1n) is 6.30.